The van der Waals surface area contributed by atoms with E-state index in [4.69, 9.17) is 9.47 Å². The average Bonchev–Trinajstić information content (AvgIpc) is 3.04. The van der Waals surface area contributed by atoms with Crippen LogP contribution in [-0.2, 0) is 11.2 Å². The zero-order valence-corrected chi connectivity index (χ0v) is 19.3. The molecule has 176 valence electrons. The molecule has 3 fully saturated rings. The Morgan fingerprint density at radius 3 is 2.55 bits per heavy atom. The predicted octanol–water partition coefficient (Wildman–Crippen LogP) is 5.08. The summed E-state index contributed by atoms with van der Waals surface area (Å²) in [5, 5.41) is 3.10. The second kappa shape index (κ2) is 8.28. The van der Waals surface area contributed by atoms with Gasteiger partial charge in [-0.3, -0.25) is 4.90 Å². The number of nitrogens with zero attached hydrogens (tertiary/aromatic N) is 1. The molecule has 2 aromatic carbocycles. The van der Waals surface area contributed by atoms with Crippen LogP contribution in [0.4, 0.5) is 13.6 Å². The van der Waals surface area contributed by atoms with Gasteiger partial charge in [-0.1, -0.05) is 32.0 Å². The number of benzene rings is 2. The van der Waals surface area contributed by atoms with Gasteiger partial charge in [0.1, 0.15) is 11.9 Å². The standard InChI is InChI=1S/C26H30F2N2O3/c1-26(2)13-17-10-16(19-11-21(28)22(32-3)12-20(19)27)4-5-18(17)24(26)29-25(31)33-23-14-30-8-6-15(23)7-9-30/h4-5,10-12,15,23-24H,6-9,13-14H2,1-3H3,(H,29,31)/t23-,24?/m0/s1. The minimum Gasteiger partial charge on any atom is -0.494 e. The Kier molecular flexibility index (Phi) is 5.55. The number of nitrogens with one attached hydrogen (secondary N) is 1. The van der Waals surface area contributed by atoms with E-state index in [0.717, 1.165) is 55.7 Å². The van der Waals surface area contributed by atoms with E-state index in [2.05, 4.69) is 24.1 Å². The number of hydrogen-bond acceptors (Lipinski definition) is 4. The predicted molar refractivity (Wildman–Crippen MR) is 121 cm³/mol. The molecule has 6 rings (SSSR count). The summed E-state index contributed by atoms with van der Waals surface area (Å²) in [5.41, 5.74) is 2.55. The number of ether oxygens (including phenoxy) is 2. The Bertz CT molecular complexity index is 1080. The van der Waals surface area contributed by atoms with Crippen molar-refractivity contribution in [3.05, 3.63) is 53.1 Å². The van der Waals surface area contributed by atoms with Crippen molar-refractivity contribution in [2.75, 3.05) is 26.7 Å². The van der Waals surface area contributed by atoms with Crippen molar-refractivity contribution in [3.8, 4) is 16.9 Å². The Hall–Kier alpha value is -2.67. The van der Waals surface area contributed by atoms with Crippen LogP contribution in [0.2, 0.25) is 0 Å². The highest BCUT2D eigenvalue weighted by Crippen LogP contribution is 2.46. The van der Waals surface area contributed by atoms with E-state index in [1.54, 1.807) is 6.07 Å². The fourth-order valence-corrected chi connectivity index (χ4v) is 5.73. The molecule has 2 atom stereocenters. The highest BCUT2D eigenvalue weighted by Gasteiger charge is 2.42. The molecular weight excluding hydrogens is 426 g/mol. The lowest BCUT2D eigenvalue weighted by atomic mass is 9.85. The Balaban J connectivity index is 1.35. The van der Waals surface area contributed by atoms with Crippen LogP contribution in [0.15, 0.2) is 30.3 Å². The fraction of sp³-hybridized carbons (Fsp3) is 0.500. The number of rotatable bonds is 4. The molecule has 2 bridgehead atoms. The van der Waals surface area contributed by atoms with Crippen molar-refractivity contribution in [1.29, 1.82) is 0 Å². The molecule has 2 aromatic rings. The fourth-order valence-electron chi connectivity index (χ4n) is 5.73. The Morgan fingerprint density at radius 1 is 1.12 bits per heavy atom. The summed E-state index contributed by atoms with van der Waals surface area (Å²) >= 11 is 0. The molecule has 1 unspecified atom stereocenters. The van der Waals surface area contributed by atoms with Crippen LogP contribution < -0.4 is 10.1 Å². The lowest BCUT2D eigenvalue weighted by Crippen LogP contribution is -2.53. The van der Waals surface area contributed by atoms with E-state index in [9.17, 15) is 13.6 Å². The smallest absolute Gasteiger partial charge is 0.407 e. The lowest BCUT2D eigenvalue weighted by Gasteiger charge is -2.44. The molecule has 3 saturated heterocycles. The number of hydrogen-bond donors (Lipinski definition) is 1. The minimum atomic E-state index is -0.607. The maximum atomic E-state index is 14.6. The number of carbonyl (C=O) groups excluding carboxylic acids is 1. The van der Waals surface area contributed by atoms with Crippen molar-refractivity contribution < 1.29 is 23.0 Å². The van der Waals surface area contributed by atoms with Crippen LogP contribution in [0.1, 0.15) is 43.9 Å². The highest BCUT2D eigenvalue weighted by molar-refractivity contribution is 5.70. The lowest BCUT2D eigenvalue weighted by molar-refractivity contribution is -0.0348. The van der Waals surface area contributed by atoms with Gasteiger partial charge in [-0.15, -0.1) is 0 Å². The molecule has 3 heterocycles. The number of carbonyl (C=O) groups is 1. The third kappa shape index (κ3) is 4.07. The molecule has 5 nitrogen and oxygen atoms in total. The van der Waals surface area contributed by atoms with Gasteiger partial charge in [0, 0.05) is 18.2 Å². The summed E-state index contributed by atoms with van der Waals surface area (Å²) in [6.07, 6.45) is 2.45. The van der Waals surface area contributed by atoms with Gasteiger partial charge in [0.15, 0.2) is 11.6 Å². The van der Waals surface area contributed by atoms with Crippen molar-refractivity contribution in [3.63, 3.8) is 0 Å². The second-order valence-electron chi connectivity index (χ2n) is 10.2. The number of fused-ring (bicyclic) bond motifs is 4. The average molecular weight is 457 g/mol. The van der Waals surface area contributed by atoms with Crippen LogP contribution in [0, 0.1) is 23.0 Å². The summed E-state index contributed by atoms with van der Waals surface area (Å²) < 4.78 is 39.5. The summed E-state index contributed by atoms with van der Waals surface area (Å²) in [6, 6.07) is 7.58. The molecule has 33 heavy (non-hydrogen) atoms. The van der Waals surface area contributed by atoms with Crippen molar-refractivity contribution >= 4 is 6.09 Å². The van der Waals surface area contributed by atoms with E-state index in [0.29, 0.717) is 17.9 Å². The molecule has 7 heteroatoms. The number of methoxy groups -OCH3 is 1. The maximum absolute atomic E-state index is 14.6. The van der Waals surface area contributed by atoms with E-state index >= 15 is 0 Å². The molecule has 0 spiro atoms. The zero-order chi connectivity index (χ0) is 23.3. The van der Waals surface area contributed by atoms with Gasteiger partial charge >= 0.3 is 6.09 Å². The topological polar surface area (TPSA) is 50.8 Å². The van der Waals surface area contributed by atoms with Crippen molar-refractivity contribution in [1.82, 2.24) is 10.2 Å². The van der Waals surface area contributed by atoms with E-state index in [1.807, 2.05) is 12.1 Å². The van der Waals surface area contributed by atoms with Crippen molar-refractivity contribution in [2.45, 2.75) is 45.3 Å². The molecule has 0 saturated carbocycles. The largest absolute Gasteiger partial charge is 0.494 e. The molecule has 4 aliphatic rings. The van der Waals surface area contributed by atoms with Gasteiger partial charge in [0.05, 0.1) is 13.2 Å². The monoisotopic (exact) mass is 456 g/mol. The van der Waals surface area contributed by atoms with E-state index in [1.165, 1.54) is 7.11 Å². The van der Waals surface area contributed by atoms with Gasteiger partial charge in [-0.25, -0.2) is 13.6 Å². The molecule has 1 amide bonds. The molecule has 3 aliphatic heterocycles. The molecular formula is C26H30F2N2O3. The van der Waals surface area contributed by atoms with Crippen LogP contribution in [-0.4, -0.2) is 43.8 Å². The SMILES string of the molecule is COc1cc(F)c(-c2ccc3c(c2)CC(C)(C)C3NC(=O)O[C@H]2CN3CCC2CC3)cc1F. The normalized spacial score (nSPS) is 27.2. The number of alkyl carbamates (subject to hydrolysis) is 1. The summed E-state index contributed by atoms with van der Waals surface area (Å²) in [6.45, 7) is 7.20. The van der Waals surface area contributed by atoms with Gasteiger partial charge in [0.2, 0.25) is 0 Å². The Labute approximate surface area is 193 Å². The van der Waals surface area contributed by atoms with Gasteiger partial charge in [-0.05, 0) is 66.4 Å². The number of amides is 1. The van der Waals surface area contributed by atoms with Gasteiger partial charge in [-0.2, -0.15) is 0 Å². The maximum Gasteiger partial charge on any atom is 0.407 e. The summed E-state index contributed by atoms with van der Waals surface area (Å²) in [5.74, 6) is -0.817. The first-order chi connectivity index (χ1) is 15.7. The number of piperidine rings is 3. The third-order valence-electron chi connectivity index (χ3n) is 7.55. The summed E-state index contributed by atoms with van der Waals surface area (Å²) in [4.78, 5) is 15.2. The second-order valence-corrected chi connectivity index (χ2v) is 10.2. The first-order valence-corrected chi connectivity index (χ1v) is 11.6. The minimum absolute atomic E-state index is 0.0493. The molecule has 0 aromatic heterocycles. The third-order valence-corrected chi connectivity index (χ3v) is 7.55. The van der Waals surface area contributed by atoms with Gasteiger partial charge in [0.25, 0.3) is 0 Å². The summed E-state index contributed by atoms with van der Waals surface area (Å²) in [7, 11) is 1.31. The van der Waals surface area contributed by atoms with Crippen LogP contribution in [0.5, 0.6) is 5.75 Å². The van der Waals surface area contributed by atoms with Crippen LogP contribution in [0.3, 0.4) is 0 Å². The first-order valence-electron chi connectivity index (χ1n) is 11.6. The van der Waals surface area contributed by atoms with E-state index < -0.39 is 11.6 Å². The highest BCUT2D eigenvalue weighted by atomic mass is 19.1. The quantitative estimate of drug-likeness (QED) is 0.697. The Morgan fingerprint density at radius 2 is 1.88 bits per heavy atom. The van der Waals surface area contributed by atoms with Crippen LogP contribution >= 0.6 is 0 Å². The van der Waals surface area contributed by atoms with Crippen molar-refractivity contribution in [2.24, 2.45) is 11.3 Å². The molecule has 0 radical (unpaired) electrons. The number of halogens is 2. The zero-order valence-electron chi connectivity index (χ0n) is 19.3. The molecule has 1 N–H and O–H groups in total. The van der Waals surface area contributed by atoms with Crippen LogP contribution in [0.25, 0.3) is 11.1 Å². The van der Waals surface area contributed by atoms with E-state index in [-0.39, 0.29) is 35.0 Å². The molecule has 1 aliphatic carbocycles. The first kappa shape index (κ1) is 22.1. The van der Waals surface area contributed by atoms with Gasteiger partial charge < -0.3 is 14.8 Å².